The second-order valence-corrected chi connectivity index (χ2v) is 7.22. The summed E-state index contributed by atoms with van der Waals surface area (Å²) in [7, 11) is 0. The summed E-state index contributed by atoms with van der Waals surface area (Å²) in [4.78, 5) is 22.4. The third-order valence-electron chi connectivity index (χ3n) is 4.55. The Balaban J connectivity index is 1.68. The molecular formula is C24H18ClN3O4. The number of benzene rings is 3. The topological polar surface area (TPSA) is 105 Å². The number of allylic oxidation sites excluding steroid dienone is 1. The van der Waals surface area contributed by atoms with Crippen molar-refractivity contribution < 1.29 is 14.5 Å². The van der Waals surface area contributed by atoms with E-state index < -0.39 is 4.92 Å². The van der Waals surface area contributed by atoms with E-state index >= 15 is 0 Å². The molecule has 8 heteroatoms. The van der Waals surface area contributed by atoms with Crippen LogP contribution in [0.25, 0.3) is 11.6 Å². The van der Waals surface area contributed by atoms with Gasteiger partial charge in [-0.05, 0) is 60.0 Å². The van der Waals surface area contributed by atoms with Crippen molar-refractivity contribution in [3.8, 4) is 11.8 Å². The molecule has 1 amide bonds. The van der Waals surface area contributed by atoms with E-state index in [1.807, 2.05) is 25.1 Å². The van der Waals surface area contributed by atoms with Gasteiger partial charge in [-0.25, -0.2) is 0 Å². The van der Waals surface area contributed by atoms with Crippen LogP contribution in [0.1, 0.15) is 16.7 Å². The van der Waals surface area contributed by atoms with Gasteiger partial charge < -0.3 is 10.1 Å². The number of nitro groups is 1. The molecule has 0 saturated heterocycles. The number of carbonyl (C=O) groups is 1. The number of ether oxygens (including phenoxy) is 1. The molecular weight excluding hydrogens is 430 g/mol. The number of nitro benzene ring substituents is 1. The van der Waals surface area contributed by atoms with E-state index in [0.717, 1.165) is 5.56 Å². The quantitative estimate of drug-likeness (QED) is 0.218. The Kier molecular flexibility index (Phi) is 7.21. The molecule has 0 bridgehead atoms. The van der Waals surface area contributed by atoms with E-state index in [-0.39, 0.29) is 23.2 Å². The van der Waals surface area contributed by atoms with Gasteiger partial charge in [0.2, 0.25) is 0 Å². The number of para-hydroxylation sites is 1. The van der Waals surface area contributed by atoms with Gasteiger partial charge in [-0.1, -0.05) is 35.9 Å². The summed E-state index contributed by atoms with van der Waals surface area (Å²) in [5, 5.41) is 23.3. The number of nitrogens with zero attached hydrogens (tertiary/aromatic N) is 2. The second-order valence-electron chi connectivity index (χ2n) is 6.82. The number of hydrogen-bond acceptors (Lipinski definition) is 5. The van der Waals surface area contributed by atoms with Crippen LogP contribution < -0.4 is 10.1 Å². The van der Waals surface area contributed by atoms with Gasteiger partial charge in [0.25, 0.3) is 11.6 Å². The zero-order chi connectivity index (χ0) is 23.1. The van der Waals surface area contributed by atoms with Crippen LogP contribution in [0.15, 0.2) is 66.7 Å². The number of nitriles is 1. The normalized spacial score (nSPS) is 10.8. The lowest BCUT2D eigenvalue weighted by molar-refractivity contribution is -0.384. The summed E-state index contributed by atoms with van der Waals surface area (Å²) in [6.07, 6.45) is 1.61. The van der Waals surface area contributed by atoms with E-state index in [1.54, 1.807) is 30.3 Å². The highest BCUT2D eigenvalue weighted by molar-refractivity contribution is 6.32. The number of nitrogens with one attached hydrogen (secondary N) is 1. The van der Waals surface area contributed by atoms with Crippen molar-refractivity contribution in [2.24, 2.45) is 0 Å². The lowest BCUT2D eigenvalue weighted by atomic mass is 10.0. The van der Waals surface area contributed by atoms with Crippen molar-refractivity contribution in [1.82, 2.24) is 0 Å². The Bertz CT molecular complexity index is 1230. The van der Waals surface area contributed by atoms with E-state index in [1.165, 1.54) is 24.3 Å². The Morgan fingerprint density at radius 3 is 2.53 bits per heavy atom. The first-order chi connectivity index (χ1) is 15.4. The number of aryl methyl sites for hydroxylation is 1. The molecule has 3 aromatic carbocycles. The van der Waals surface area contributed by atoms with Crippen LogP contribution in [0.5, 0.6) is 5.75 Å². The van der Waals surface area contributed by atoms with Crippen molar-refractivity contribution in [2.45, 2.75) is 6.92 Å². The van der Waals surface area contributed by atoms with Crippen LogP contribution in [0.3, 0.4) is 0 Å². The zero-order valence-electron chi connectivity index (χ0n) is 17.0. The Morgan fingerprint density at radius 2 is 1.91 bits per heavy atom. The first kappa shape index (κ1) is 22.5. The third-order valence-corrected chi connectivity index (χ3v) is 4.85. The fraction of sp³-hybridized carbons (Fsp3) is 0.0833. The highest BCUT2D eigenvalue weighted by Gasteiger charge is 2.10. The Morgan fingerprint density at radius 1 is 1.19 bits per heavy atom. The summed E-state index contributed by atoms with van der Waals surface area (Å²) in [6.45, 7) is 1.68. The smallest absolute Gasteiger partial charge is 0.269 e. The number of hydrogen-bond donors (Lipinski definition) is 1. The molecule has 0 fully saturated rings. The number of halogens is 1. The van der Waals surface area contributed by atoms with Gasteiger partial charge in [0.1, 0.15) is 5.75 Å². The SMILES string of the molecule is Cc1ccccc1NC(=O)COc1ccc(/C=C(\C#N)c2ccc([N+](=O)[O-])cc2)cc1Cl. The monoisotopic (exact) mass is 447 g/mol. The molecule has 0 unspecified atom stereocenters. The van der Waals surface area contributed by atoms with Gasteiger partial charge >= 0.3 is 0 Å². The fourth-order valence-electron chi connectivity index (χ4n) is 2.88. The van der Waals surface area contributed by atoms with Crippen molar-refractivity contribution in [2.75, 3.05) is 11.9 Å². The third kappa shape index (κ3) is 5.72. The molecule has 0 radical (unpaired) electrons. The lowest BCUT2D eigenvalue weighted by Gasteiger charge is -2.11. The maximum Gasteiger partial charge on any atom is 0.269 e. The first-order valence-electron chi connectivity index (χ1n) is 9.52. The molecule has 0 atom stereocenters. The molecule has 160 valence electrons. The number of non-ortho nitro benzene ring substituents is 1. The van der Waals surface area contributed by atoms with Crippen LogP contribution in [0, 0.1) is 28.4 Å². The molecule has 1 N–H and O–H groups in total. The van der Waals surface area contributed by atoms with E-state index in [9.17, 15) is 20.2 Å². The van der Waals surface area contributed by atoms with Gasteiger partial charge in [0, 0.05) is 17.8 Å². The molecule has 0 aromatic heterocycles. The highest BCUT2D eigenvalue weighted by Crippen LogP contribution is 2.28. The Hall–Kier alpha value is -4.15. The van der Waals surface area contributed by atoms with Crippen molar-refractivity contribution in [3.63, 3.8) is 0 Å². The van der Waals surface area contributed by atoms with Gasteiger partial charge in [0.15, 0.2) is 6.61 Å². The standard InChI is InChI=1S/C24H18ClN3O4/c1-16-4-2-3-5-22(16)27-24(29)15-32-23-11-6-17(13-21(23)25)12-19(14-26)18-7-9-20(10-8-18)28(30)31/h2-13H,15H2,1H3,(H,27,29)/b19-12+. The molecule has 0 aliphatic heterocycles. The second kappa shape index (κ2) is 10.2. The van der Waals surface area contributed by atoms with Crippen LogP contribution in [0.2, 0.25) is 5.02 Å². The summed E-state index contributed by atoms with van der Waals surface area (Å²) >= 11 is 6.28. The van der Waals surface area contributed by atoms with Gasteiger partial charge in [0.05, 0.1) is 21.6 Å². The van der Waals surface area contributed by atoms with E-state index in [2.05, 4.69) is 11.4 Å². The molecule has 0 aliphatic carbocycles. The van der Waals surface area contributed by atoms with Crippen molar-refractivity contribution in [1.29, 1.82) is 5.26 Å². The van der Waals surface area contributed by atoms with Crippen LogP contribution in [-0.4, -0.2) is 17.4 Å². The molecule has 7 nitrogen and oxygen atoms in total. The predicted octanol–water partition coefficient (Wildman–Crippen LogP) is 5.64. The predicted molar refractivity (Wildman–Crippen MR) is 123 cm³/mol. The number of anilines is 1. The van der Waals surface area contributed by atoms with Crippen LogP contribution in [0.4, 0.5) is 11.4 Å². The van der Waals surface area contributed by atoms with Crippen molar-refractivity contribution in [3.05, 3.63) is 98.6 Å². The molecule has 0 aliphatic rings. The molecule has 3 aromatic rings. The fourth-order valence-corrected chi connectivity index (χ4v) is 3.12. The average Bonchev–Trinajstić information content (AvgIpc) is 2.78. The highest BCUT2D eigenvalue weighted by atomic mass is 35.5. The van der Waals surface area contributed by atoms with E-state index in [0.29, 0.717) is 28.1 Å². The molecule has 0 heterocycles. The summed E-state index contributed by atoms with van der Waals surface area (Å²) in [6, 6.07) is 20.1. The lowest BCUT2D eigenvalue weighted by Crippen LogP contribution is -2.20. The van der Waals surface area contributed by atoms with Crippen molar-refractivity contribution >= 4 is 40.5 Å². The summed E-state index contributed by atoms with van der Waals surface area (Å²) < 4.78 is 5.52. The van der Waals surface area contributed by atoms with Gasteiger partial charge in [-0.15, -0.1) is 0 Å². The number of rotatable bonds is 7. The maximum absolute atomic E-state index is 12.2. The van der Waals surface area contributed by atoms with E-state index in [4.69, 9.17) is 16.3 Å². The minimum Gasteiger partial charge on any atom is -0.482 e. The molecule has 0 saturated carbocycles. The molecule has 3 rings (SSSR count). The maximum atomic E-state index is 12.2. The number of carbonyl (C=O) groups excluding carboxylic acids is 1. The Labute approximate surface area is 189 Å². The first-order valence-corrected chi connectivity index (χ1v) is 9.89. The molecule has 32 heavy (non-hydrogen) atoms. The summed E-state index contributed by atoms with van der Waals surface area (Å²) in [5.41, 5.74) is 3.10. The minimum atomic E-state index is -0.501. The zero-order valence-corrected chi connectivity index (χ0v) is 17.8. The largest absolute Gasteiger partial charge is 0.482 e. The van der Waals surface area contributed by atoms with Gasteiger partial charge in [-0.3, -0.25) is 14.9 Å². The van der Waals surface area contributed by atoms with Crippen LogP contribution in [-0.2, 0) is 4.79 Å². The number of amides is 1. The average molecular weight is 448 g/mol. The minimum absolute atomic E-state index is 0.0537. The molecule has 0 spiro atoms. The van der Waals surface area contributed by atoms with Gasteiger partial charge in [-0.2, -0.15) is 5.26 Å². The summed E-state index contributed by atoms with van der Waals surface area (Å²) in [5.74, 6) is 0.0156. The van der Waals surface area contributed by atoms with Crippen LogP contribution >= 0.6 is 11.6 Å².